The fraction of sp³-hybridized carbons (Fsp3) is 0.429. The number of carbonyl (C=O) groups is 2. The molecule has 1 aromatic rings. The molecule has 6 nitrogen and oxygen atoms in total. The van der Waals surface area contributed by atoms with Crippen molar-refractivity contribution in [3.8, 4) is 0 Å². The van der Waals surface area contributed by atoms with Gasteiger partial charge in [-0.2, -0.15) is 0 Å². The lowest BCUT2D eigenvalue weighted by molar-refractivity contribution is -0.145. The number of ether oxygens (including phenoxy) is 2. The maximum atomic E-state index is 11.4. The van der Waals surface area contributed by atoms with Crippen molar-refractivity contribution in [2.24, 2.45) is 5.73 Å². The lowest BCUT2D eigenvalue weighted by Crippen LogP contribution is -2.35. The first-order valence-corrected chi connectivity index (χ1v) is 6.23. The second-order valence-corrected chi connectivity index (χ2v) is 4.32. The molecule has 0 spiro atoms. The van der Waals surface area contributed by atoms with Gasteiger partial charge in [0.1, 0.15) is 0 Å². The highest BCUT2D eigenvalue weighted by atomic mass is 16.5. The predicted molar refractivity (Wildman–Crippen MR) is 73.6 cm³/mol. The van der Waals surface area contributed by atoms with Gasteiger partial charge in [0.05, 0.1) is 27.3 Å². The number of carbonyl (C=O) groups excluding carboxylic acids is 2. The fourth-order valence-corrected chi connectivity index (χ4v) is 1.78. The quantitative estimate of drug-likeness (QED) is 0.723. The Balaban J connectivity index is 2.76. The molecule has 110 valence electrons. The van der Waals surface area contributed by atoms with Crippen LogP contribution in [0.4, 0.5) is 0 Å². The summed E-state index contributed by atoms with van der Waals surface area (Å²) in [5.74, 6) is -0.798. The van der Waals surface area contributed by atoms with E-state index in [2.05, 4.69) is 9.47 Å². The molecule has 6 heteroatoms. The average Bonchev–Trinajstić information content (AvgIpc) is 2.46. The zero-order valence-corrected chi connectivity index (χ0v) is 11.8. The summed E-state index contributed by atoms with van der Waals surface area (Å²) in [6.07, 6.45) is 0. The lowest BCUT2D eigenvalue weighted by Gasteiger charge is -2.20. The maximum Gasteiger partial charge on any atom is 0.319 e. The highest BCUT2D eigenvalue weighted by molar-refractivity contribution is 5.74. The molecule has 0 amide bonds. The van der Waals surface area contributed by atoms with Crippen molar-refractivity contribution in [1.29, 1.82) is 0 Å². The van der Waals surface area contributed by atoms with Crippen molar-refractivity contribution >= 4 is 11.9 Å². The second-order valence-electron chi connectivity index (χ2n) is 4.32. The molecule has 0 radical (unpaired) electrons. The molecule has 0 aliphatic heterocycles. The van der Waals surface area contributed by atoms with Crippen LogP contribution in [0, 0.1) is 0 Å². The number of esters is 2. The first-order chi connectivity index (χ1) is 9.58. The number of hydrogen-bond acceptors (Lipinski definition) is 6. The van der Waals surface area contributed by atoms with Gasteiger partial charge >= 0.3 is 11.9 Å². The van der Waals surface area contributed by atoms with Crippen molar-refractivity contribution in [2.75, 3.05) is 27.3 Å². The summed E-state index contributed by atoms with van der Waals surface area (Å²) < 4.78 is 9.25. The maximum absolute atomic E-state index is 11.4. The van der Waals surface area contributed by atoms with E-state index in [0.717, 1.165) is 11.1 Å². The topological polar surface area (TPSA) is 81.9 Å². The molecule has 0 aliphatic rings. The van der Waals surface area contributed by atoms with Crippen molar-refractivity contribution in [3.05, 3.63) is 35.4 Å². The molecule has 1 aromatic carbocycles. The number of benzene rings is 1. The summed E-state index contributed by atoms with van der Waals surface area (Å²) in [5.41, 5.74) is 7.56. The van der Waals surface area contributed by atoms with E-state index < -0.39 is 11.9 Å². The van der Waals surface area contributed by atoms with E-state index in [-0.39, 0.29) is 13.1 Å². The van der Waals surface area contributed by atoms with E-state index in [0.29, 0.717) is 13.1 Å². The van der Waals surface area contributed by atoms with E-state index in [1.54, 1.807) is 4.90 Å². The normalized spacial score (nSPS) is 10.4. The van der Waals surface area contributed by atoms with Gasteiger partial charge < -0.3 is 15.2 Å². The van der Waals surface area contributed by atoms with Gasteiger partial charge in [0.15, 0.2) is 0 Å². The third-order valence-electron chi connectivity index (χ3n) is 2.79. The molecule has 0 aromatic heterocycles. The van der Waals surface area contributed by atoms with Gasteiger partial charge in [-0.05, 0) is 11.1 Å². The molecule has 1 rings (SSSR count). The molecule has 0 bridgehead atoms. The lowest BCUT2D eigenvalue weighted by atomic mass is 10.1. The molecule has 0 atom stereocenters. The van der Waals surface area contributed by atoms with Gasteiger partial charge in [-0.3, -0.25) is 14.5 Å². The summed E-state index contributed by atoms with van der Waals surface area (Å²) >= 11 is 0. The first kappa shape index (κ1) is 16.1. The zero-order chi connectivity index (χ0) is 15.0. The second kappa shape index (κ2) is 8.29. The first-order valence-electron chi connectivity index (χ1n) is 6.23. The highest BCUT2D eigenvalue weighted by Crippen LogP contribution is 2.08. The van der Waals surface area contributed by atoms with Gasteiger partial charge in [-0.25, -0.2) is 0 Å². The van der Waals surface area contributed by atoms with Crippen LogP contribution in [0.1, 0.15) is 11.1 Å². The van der Waals surface area contributed by atoms with Crippen molar-refractivity contribution in [3.63, 3.8) is 0 Å². The van der Waals surface area contributed by atoms with Crippen molar-refractivity contribution in [1.82, 2.24) is 4.90 Å². The number of nitrogens with zero attached hydrogens (tertiary/aromatic N) is 1. The van der Waals surface area contributed by atoms with Crippen molar-refractivity contribution in [2.45, 2.75) is 13.1 Å². The van der Waals surface area contributed by atoms with E-state index in [1.165, 1.54) is 14.2 Å². The molecular formula is C14H20N2O4. The van der Waals surface area contributed by atoms with Gasteiger partial charge in [0.2, 0.25) is 0 Å². The van der Waals surface area contributed by atoms with Gasteiger partial charge in [0.25, 0.3) is 0 Å². The van der Waals surface area contributed by atoms with Crippen LogP contribution in [-0.4, -0.2) is 44.1 Å². The molecule has 0 saturated carbocycles. The predicted octanol–water partition coefficient (Wildman–Crippen LogP) is 0.293. The van der Waals surface area contributed by atoms with Crippen LogP contribution in [0.5, 0.6) is 0 Å². The minimum atomic E-state index is -0.399. The monoisotopic (exact) mass is 280 g/mol. The number of nitrogens with two attached hydrogens (primary N) is 1. The largest absolute Gasteiger partial charge is 0.468 e. The zero-order valence-electron chi connectivity index (χ0n) is 11.8. The number of methoxy groups -OCH3 is 2. The summed E-state index contributed by atoms with van der Waals surface area (Å²) in [6.45, 7) is 0.941. The molecule has 0 aliphatic carbocycles. The van der Waals surface area contributed by atoms with E-state index >= 15 is 0 Å². The number of hydrogen-bond donors (Lipinski definition) is 1. The third-order valence-corrected chi connectivity index (χ3v) is 2.79. The molecule has 0 fully saturated rings. The Bertz CT molecular complexity index is 444. The fourth-order valence-electron chi connectivity index (χ4n) is 1.78. The van der Waals surface area contributed by atoms with Crippen LogP contribution in [0.15, 0.2) is 24.3 Å². The van der Waals surface area contributed by atoms with Crippen LogP contribution < -0.4 is 5.73 Å². The Kier molecular flexibility index (Phi) is 6.69. The van der Waals surface area contributed by atoms with Crippen LogP contribution in [0.3, 0.4) is 0 Å². The standard InChI is InChI=1S/C14H20N2O4/c1-19-13(17)9-16(10-14(18)20-2)8-12-5-3-4-11(6-12)7-15/h3-6H,7-10,15H2,1-2H3. The van der Waals surface area contributed by atoms with Crippen LogP contribution in [0.25, 0.3) is 0 Å². The Morgan fingerprint density at radius 3 is 2.15 bits per heavy atom. The van der Waals surface area contributed by atoms with Crippen molar-refractivity contribution < 1.29 is 19.1 Å². The summed E-state index contributed by atoms with van der Waals surface area (Å²) in [4.78, 5) is 24.4. The average molecular weight is 280 g/mol. The highest BCUT2D eigenvalue weighted by Gasteiger charge is 2.15. The molecule has 20 heavy (non-hydrogen) atoms. The van der Waals surface area contributed by atoms with E-state index in [9.17, 15) is 9.59 Å². The smallest absolute Gasteiger partial charge is 0.319 e. The molecular weight excluding hydrogens is 260 g/mol. The van der Waals surface area contributed by atoms with Crippen LogP contribution in [-0.2, 0) is 32.2 Å². The van der Waals surface area contributed by atoms with E-state index in [1.807, 2.05) is 24.3 Å². The van der Waals surface area contributed by atoms with Gasteiger partial charge in [0, 0.05) is 13.1 Å². The number of rotatable bonds is 7. The van der Waals surface area contributed by atoms with Gasteiger partial charge in [-0.1, -0.05) is 24.3 Å². The van der Waals surface area contributed by atoms with Crippen LogP contribution in [0.2, 0.25) is 0 Å². The summed E-state index contributed by atoms with van der Waals surface area (Å²) in [6, 6.07) is 7.68. The molecule has 0 unspecified atom stereocenters. The van der Waals surface area contributed by atoms with Gasteiger partial charge in [-0.15, -0.1) is 0 Å². The molecule has 0 heterocycles. The Morgan fingerprint density at radius 1 is 1.10 bits per heavy atom. The Hall–Kier alpha value is -1.92. The minimum Gasteiger partial charge on any atom is -0.468 e. The Morgan fingerprint density at radius 2 is 1.65 bits per heavy atom. The Labute approximate surface area is 118 Å². The summed E-state index contributed by atoms with van der Waals surface area (Å²) in [7, 11) is 2.63. The SMILES string of the molecule is COC(=O)CN(CC(=O)OC)Cc1cccc(CN)c1. The molecule has 2 N–H and O–H groups in total. The third kappa shape index (κ3) is 5.38. The summed E-state index contributed by atoms with van der Waals surface area (Å²) in [5, 5.41) is 0. The molecule has 0 saturated heterocycles. The minimum absolute atomic E-state index is 0.0262. The van der Waals surface area contributed by atoms with Crippen LogP contribution >= 0.6 is 0 Å². The van der Waals surface area contributed by atoms with E-state index in [4.69, 9.17) is 5.73 Å².